The highest BCUT2D eigenvalue weighted by molar-refractivity contribution is 7.89. The van der Waals surface area contributed by atoms with Crippen LogP contribution in [0.5, 0.6) is 5.75 Å². The maximum Gasteiger partial charge on any atom is 0.336 e. The van der Waals surface area contributed by atoms with Crippen molar-refractivity contribution in [3.8, 4) is 5.75 Å². The van der Waals surface area contributed by atoms with Crippen molar-refractivity contribution in [3.63, 3.8) is 0 Å². The average molecular weight is 378 g/mol. The number of carbonyl (C=O) groups is 2. The zero-order valence-corrected chi connectivity index (χ0v) is 14.9. The first-order valence-electron chi connectivity index (χ1n) is 7.42. The Morgan fingerprint density at radius 1 is 1.04 bits per heavy atom. The first-order chi connectivity index (χ1) is 12.3. The number of methoxy groups -OCH3 is 2. The van der Waals surface area contributed by atoms with Crippen molar-refractivity contribution in [3.05, 3.63) is 54.1 Å². The maximum absolute atomic E-state index is 12.8. The van der Waals surface area contributed by atoms with Crippen molar-refractivity contribution >= 4 is 27.5 Å². The van der Waals surface area contributed by atoms with Gasteiger partial charge in [0.05, 0.1) is 24.7 Å². The van der Waals surface area contributed by atoms with Crippen LogP contribution in [0.15, 0.2) is 53.4 Å². The molecule has 0 aliphatic carbocycles. The molecular weight excluding hydrogens is 360 g/mol. The number of rotatable bonds is 7. The molecule has 26 heavy (non-hydrogen) atoms. The molecular formula is C17H18N2O6S. The van der Waals surface area contributed by atoms with Crippen LogP contribution >= 0.6 is 0 Å². The third-order valence-corrected chi connectivity index (χ3v) is 4.49. The molecule has 0 radical (unpaired) electrons. The van der Waals surface area contributed by atoms with E-state index in [0.29, 0.717) is 11.4 Å². The fourth-order valence-corrected chi connectivity index (χ4v) is 2.78. The molecule has 0 fully saturated rings. The molecule has 2 rings (SSSR count). The van der Waals surface area contributed by atoms with E-state index < -0.39 is 27.8 Å². The fourth-order valence-electron chi connectivity index (χ4n) is 2.26. The SMILES string of the molecule is COC(=O)C(Nc1ccc(S(N)(=O)=O)cc1)C(=O)c1ccccc1OC. The van der Waals surface area contributed by atoms with E-state index in [1.165, 1.54) is 37.4 Å². The van der Waals surface area contributed by atoms with E-state index in [1.54, 1.807) is 18.2 Å². The summed E-state index contributed by atoms with van der Waals surface area (Å²) in [5.41, 5.74) is 0.551. The van der Waals surface area contributed by atoms with Gasteiger partial charge in [-0.2, -0.15) is 0 Å². The zero-order chi connectivity index (χ0) is 19.3. The van der Waals surface area contributed by atoms with Gasteiger partial charge in [-0.1, -0.05) is 12.1 Å². The lowest BCUT2D eigenvalue weighted by Gasteiger charge is -2.18. The van der Waals surface area contributed by atoms with Gasteiger partial charge in [0.2, 0.25) is 10.0 Å². The van der Waals surface area contributed by atoms with Crippen molar-refractivity contribution in [1.29, 1.82) is 0 Å². The Bertz CT molecular complexity index is 909. The van der Waals surface area contributed by atoms with Crippen LogP contribution in [0.3, 0.4) is 0 Å². The monoisotopic (exact) mass is 378 g/mol. The highest BCUT2D eigenvalue weighted by Crippen LogP contribution is 2.21. The van der Waals surface area contributed by atoms with E-state index in [4.69, 9.17) is 14.6 Å². The molecule has 0 aliphatic rings. The summed E-state index contributed by atoms with van der Waals surface area (Å²) in [6, 6.07) is 10.4. The zero-order valence-electron chi connectivity index (χ0n) is 14.1. The number of anilines is 1. The van der Waals surface area contributed by atoms with E-state index in [-0.39, 0.29) is 10.5 Å². The first kappa shape index (κ1) is 19.4. The van der Waals surface area contributed by atoms with E-state index in [1.807, 2.05) is 0 Å². The molecule has 0 amide bonds. The number of ketones is 1. The minimum Gasteiger partial charge on any atom is -0.496 e. The number of para-hydroxylation sites is 1. The van der Waals surface area contributed by atoms with Crippen molar-refractivity contribution in [2.45, 2.75) is 10.9 Å². The number of carbonyl (C=O) groups excluding carboxylic acids is 2. The molecule has 0 aromatic heterocycles. The van der Waals surface area contributed by atoms with Gasteiger partial charge < -0.3 is 14.8 Å². The molecule has 3 N–H and O–H groups in total. The van der Waals surface area contributed by atoms with Gasteiger partial charge in [-0.05, 0) is 36.4 Å². The molecule has 0 heterocycles. The quantitative estimate of drug-likeness (QED) is 0.421. The summed E-state index contributed by atoms with van der Waals surface area (Å²) in [5.74, 6) is -1.03. The highest BCUT2D eigenvalue weighted by atomic mass is 32.2. The third kappa shape index (κ3) is 4.38. The lowest BCUT2D eigenvalue weighted by molar-refractivity contribution is -0.140. The van der Waals surface area contributed by atoms with Crippen molar-refractivity contribution < 1.29 is 27.5 Å². The molecule has 0 aliphatic heterocycles. The van der Waals surface area contributed by atoms with Gasteiger partial charge in [0.1, 0.15) is 5.75 Å². The summed E-state index contributed by atoms with van der Waals surface area (Å²) >= 11 is 0. The summed E-state index contributed by atoms with van der Waals surface area (Å²) in [6.45, 7) is 0. The van der Waals surface area contributed by atoms with E-state index in [9.17, 15) is 18.0 Å². The van der Waals surface area contributed by atoms with Crippen molar-refractivity contribution in [2.24, 2.45) is 5.14 Å². The van der Waals surface area contributed by atoms with Crippen molar-refractivity contribution in [2.75, 3.05) is 19.5 Å². The summed E-state index contributed by atoms with van der Waals surface area (Å²) in [6.07, 6.45) is 0. The largest absolute Gasteiger partial charge is 0.496 e. The molecule has 2 aromatic carbocycles. The van der Waals surface area contributed by atoms with Crippen LogP contribution < -0.4 is 15.2 Å². The van der Waals surface area contributed by atoms with Crippen LogP contribution in [0, 0.1) is 0 Å². The van der Waals surface area contributed by atoms with Gasteiger partial charge in [0, 0.05) is 5.69 Å². The Labute approximate surface area is 151 Å². The summed E-state index contributed by atoms with van der Waals surface area (Å²) < 4.78 is 32.5. The number of Topliss-reactive ketones (excluding diaryl/α,β-unsaturated/α-hetero) is 1. The minimum atomic E-state index is -3.84. The topological polar surface area (TPSA) is 125 Å². The van der Waals surface area contributed by atoms with Crippen LogP contribution in [-0.4, -0.2) is 40.4 Å². The smallest absolute Gasteiger partial charge is 0.336 e. The second-order valence-corrected chi connectivity index (χ2v) is 6.80. The number of nitrogens with one attached hydrogen (secondary N) is 1. The van der Waals surface area contributed by atoms with Crippen LogP contribution in [-0.2, 0) is 19.6 Å². The fraction of sp³-hybridized carbons (Fsp3) is 0.176. The summed E-state index contributed by atoms with van der Waals surface area (Å²) in [4.78, 5) is 24.8. The Morgan fingerprint density at radius 2 is 1.65 bits per heavy atom. The first-order valence-corrected chi connectivity index (χ1v) is 8.97. The average Bonchev–Trinajstić information content (AvgIpc) is 2.64. The van der Waals surface area contributed by atoms with Gasteiger partial charge in [0.25, 0.3) is 0 Å². The van der Waals surface area contributed by atoms with Crippen LogP contribution in [0.2, 0.25) is 0 Å². The lowest BCUT2D eigenvalue weighted by atomic mass is 10.0. The maximum atomic E-state index is 12.8. The van der Waals surface area contributed by atoms with Gasteiger partial charge in [-0.25, -0.2) is 18.4 Å². The number of nitrogens with two attached hydrogens (primary N) is 1. The van der Waals surface area contributed by atoms with Gasteiger partial charge in [0.15, 0.2) is 11.8 Å². The van der Waals surface area contributed by atoms with Crippen LogP contribution in [0.4, 0.5) is 5.69 Å². The molecule has 0 saturated heterocycles. The number of primary sulfonamides is 1. The predicted molar refractivity (Wildman–Crippen MR) is 94.6 cm³/mol. The second-order valence-electron chi connectivity index (χ2n) is 5.23. The summed E-state index contributed by atoms with van der Waals surface area (Å²) in [7, 11) is -1.26. The minimum absolute atomic E-state index is 0.0891. The molecule has 0 spiro atoms. The number of hydrogen-bond donors (Lipinski definition) is 2. The van der Waals surface area contributed by atoms with E-state index in [0.717, 1.165) is 7.11 Å². The number of esters is 1. The summed E-state index contributed by atoms with van der Waals surface area (Å²) in [5, 5.41) is 7.79. The Balaban J connectivity index is 2.33. The highest BCUT2D eigenvalue weighted by Gasteiger charge is 2.30. The molecule has 8 nitrogen and oxygen atoms in total. The Morgan fingerprint density at radius 3 is 2.19 bits per heavy atom. The van der Waals surface area contributed by atoms with Crippen LogP contribution in [0.1, 0.15) is 10.4 Å². The lowest BCUT2D eigenvalue weighted by Crippen LogP contribution is -2.38. The van der Waals surface area contributed by atoms with Gasteiger partial charge in [-0.15, -0.1) is 0 Å². The second kappa shape index (κ2) is 7.98. The molecule has 138 valence electrons. The molecule has 1 unspecified atom stereocenters. The molecule has 0 saturated carbocycles. The van der Waals surface area contributed by atoms with E-state index in [2.05, 4.69) is 5.32 Å². The van der Waals surface area contributed by atoms with Gasteiger partial charge >= 0.3 is 5.97 Å². The Kier molecular flexibility index (Phi) is 5.96. The van der Waals surface area contributed by atoms with Crippen LogP contribution in [0.25, 0.3) is 0 Å². The normalized spacial score (nSPS) is 12.1. The predicted octanol–water partition coefficient (Wildman–Crippen LogP) is 1.18. The standard InChI is InChI=1S/C17H18N2O6S/c1-24-14-6-4-3-5-13(14)16(20)15(17(21)25-2)19-11-7-9-12(10-8-11)26(18,22)23/h3-10,15,19H,1-2H3,(H2,18,22,23). The van der Waals surface area contributed by atoms with Gasteiger partial charge in [-0.3, -0.25) is 4.79 Å². The number of sulfonamides is 1. The van der Waals surface area contributed by atoms with Crippen molar-refractivity contribution in [1.82, 2.24) is 0 Å². The Hall–Kier alpha value is -2.91. The number of hydrogen-bond acceptors (Lipinski definition) is 7. The molecule has 9 heteroatoms. The van der Waals surface area contributed by atoms with E-state index >= 15 is 0 Å². The number of ether oxygens (including phenoxy) is 2. The number of benzene rings is 2. The molecule has 2 aromatic rings. The molecule has 0 bridgehead atoms. The molecule has 1 atom stereocenters. The third-order valence-electron chi connectivity index (χ3n) is 3.57.